The molecule has 1 aliphatic carbocycles. The lowest BCUT2D eigenvalue weighted by Crippen LogP contribution is -2.51. The summed E-state index contributed by atoms with van der Waals surface area (Å²) in [6.45, 7) is 0.454. The van der Waals surface area contributed by atoms with Crippen molar-refractivity contribution in [2.45, 2.75) is 51.0 Å². The second-order valence-electron chi connectivity index (χ2n) is 8.29. The first-order valence-electron chi connectivity index (χ1n) is 10.5. The first-order valence-corrected chi connectivity index (χ1v) is 10.5. The van der Waals surface area contributed by atoms with E-state index < -0.39 is 17.8 Å². The second-order valence-corrected chi connectivity index (χ2v) is 8.29. The molecule has 0 bridgehead atoms. The molecule has 2 atom stereocenters. The minimum absolute atomic E-state index is 0.0102. The maximum absolute atomic E-state index is 13.4. The first-order chi connectivity index (χ1) is 14.4. The van der Waals surface area contributed by atoms with Gasteiger partial charge in [0.05, 0.1) is 25.1 Å². The number of nitrogens with zero attached hydrogens (tertiary/aromatic N) is 4. The van der Waals surface area contributed by atoms with E-state index in [1.54, 1.807) is 12.1 Å². The van der Waals surface area contributed by atoms with Gasteiger partial charge in [0.2, 0.25) is 12.3 Å². The molecule has 30 heavy (non-hydrogen) atoms. The maximum Gasteiger partial charge on any atom is 0.242 e. The van der Waals surface area contributed by atoms with Gasteiger partial charge in [-0.1, -0.05) is 25.7 Å². The second kappa shape index (κ2) is 10.1. The predicted molar refractivity (Wildman–Crippen MR) is 105 cm³/mol. The molecule has 0 radical (unpaired) electrons. The summed E-state index contributed by atoms with van der Waals surface area (Å²) in [6, 6.07) is 2.09. The largest absolute Gasteiger partial charge is 0.297 e. The van der Waals surface area contributed by atoms with E-state index in [1.807, 2.05) is 0 Å². The van der Waals surface area contributed by atoms with Gasteiger partial charge in [-0.25, -0.2) is 14.5 Å². The van der Waals surface area contributed by atoms with Crippen molar-refractivity contribution in [3.8, 4) is 0 Å². The van der Waals surface area contributed by atoms with Crippen LogP contribution in [0.5, 0.6) is 0 Å². The fourth-order valence-corrected chi connectivity index (χ4v) is 4.56. The Hall–Kier alpha value is -2.39. The van der Waals surface area contributed by atoms with E-state index in [0.717, 1.165) is 31.9 Å². The van der Waals surface area contributed by atoms with Gasteiger partial charge in [-0.15, -0.1) is 0 Å². The Morgan fingerprint density at radius 3 is 2.70 bits per heavy atom. The third-order valence-electron chi connectivity index (χ3n) is 6.10. The Kier molecular flexibility index (Phi) is 7.49. The van der Waals surface area contributed by atoms with Gasteiger partial charge >= 0.3 is 0 Å². The Labute approximate surface area is 175 Å². The van der Waals surface area contributed by atoms with Crippen LogP contribution in [0.4, 0.5) is 4.39 Å². The molecule has 1 aliphatic heterocycles. The fraction of sp³-hybridized carbons (Fsp3) is 0.619. The van der Waals surface area contributed by atoms with Crippen LogP contribution in [0.3, 0.4) is 0 Å². The molecule has 1 aromatic heterocycles. The highest BCUT2D eigenvalue weighted by Crippen LogP contribution is 2.32. The first kappa shape index (κ1) is 22.3. The van der Waals surface area contributed by atoms with Crippen molar-refractivity contribution in [2.24, 2.45) is 11.8 Å². The molecule has 3 rings (SSSR count). The zero-order valence-corrected chi connectivity index (χ0v) is 17.2. The average Bonchev–Trinajstić information content (AvgIpc) is 3.38. The number of hydroxylamine groups is 2. The molecule has 1 saturated carbocycles. The number of pyridine rings is 1. The summed E-state index contributed by atoms with van der Waals surface area (Å²) in [4.78, 5) is 41.2. The molecule has 2 heterocycles. The molecular formula is C21H29FN4O4. The van der Waals surface area contributed by atoms with E-state index in [1.165, 1.54) is 17.1 Å². The number of hydrazine groups is 1. The van der Waals surface area contributed by atoms with Crippen LogP contribution in [0.1, 0.15) is 44.2 Å². The van der Waals surface area contributed by atoms with E-state index in [9.17, 15) is 24.0 Å². The predicted octanol–water partition coefficient (Wildman–Crippen LogP) is 1.82. The van der Waals surface area contributed by atoms with Gasteiger partial charge in [0.1, 0.15) is 11.9 Å². The number of carbonyl (C=O) groups is 3. The highest BCUT2D eigenvalue weighted by molar-refractivity contribution is 5.91. The van der Waals surface area contributed by atoms with Gasteiger partial charge in [-0.3, -0.25) is 29.6 Å². The molecule has 0 aromatic carbocycles. The number of hydrogen-bond donors (Lipinski definition) is 1. The van der Waals surface area contributed by atoms with Crippen molar-refractivity contribution in [3.05, 3.63) is 29.8 Å². The summed E-state index contributed by atoms with van der Waals surface area (Å²) in [5, 5.41) is 13.4. The summed E-state index contributed by atoms with van der Waals surface area (Å²) in [5.41, 5.74) is 0.452. The van der Waals surface area contributed by atoms with Crippen molar-refractivity contribution >= 4 is 18.1 Å². The zero-order valence-electron chi connectivity index (χ0n) is 17.2. The van der Waals surface area contributed by atoms with Gasteiger partial charge in [0.25, 0.3) is 0 Å². The van der Waals surface area contributed by atoms with Gasteiger partial charge in [-0.2, -0.15) is 0 Å². The van der Waals surface area contributed by atoms with E-state index in [2.05, 4.69) is 4.98 Å². The Morgan fingerprint density at radius 2 is 2.07 bits per heavy atom. The van der Waals surface area contributed by atoms with Crippen molar-refractivity contribution < 1.29 is 24.0 Å². The van der Waals surface area contributed by atoms with Crippen molar-refractivity contribution in [1.82, 2.24) is 20.1 Å². The third kappa shape index (κ3) is 5.40. The molecule has 2 aliphatic rings. The average molecular weight is 420 g/mol. The number of hydrogen-bond acceptors (Lipinski definition) is 6. The van der Waals surface area contributed by atoms with Gasteiger partial charge in [0, 0.05) is 19.3 Å². The Balaban J connectivity index is 1.73. The minimum Gasteiger partial charge on any atom is -0.297 e. The number of rotatable bonds is 9. The van der Waals surface area contributed by atoms with Crippen LogP contribution in [0.2, 0.25) is 0 Å². The van der Waals surface area contributed by atoms with Crippen LogP contribution in [0.25, 0.3) is 0 Å². The molecule has 2 amide bonds. The van der Waals surface area contributed by atoms with E-state index in [4.69, 9.17) is 0 Å². The molecular weight excluding hydrogens is 391 g/mol. The topological polar surface area (TPSA) is 94.1 Å². The lowest BCUT2D eigenvalue weighted by atomic mass is 9.91. The third-order valence-corrected chi connectivity index (χ3v) is 6.10. The van der Waals surface area contributed by atoms with Crippen LogP contribution in [-0.2, 0) is 20.8 Å². The van der Waals surface area contributed by atoms with Crippen molar-refractivity contribution in [3.63, 3.8) is 0 Å². The quantitative estimate of drug-likeness (QED) is 0.372. The normalized spacial score (nSPS) is 21.0. The van der Waals surface area contributed by atoms with Gasteiger partial charge in [0.15, 0.2) is 5.78 Å². The number of aromatic nitrogens is 1. The van der Waals surface area contributed by atoms with E-state index in [0.29, 0.717) is 42.5 Å². The van der Waals surface area contributed by atoms with E-state index in [-0.39, 0.29) is 24.7 Å². The molecule has 2 fully saturated rings. The summed E-state index contributed by atoms with van der Waals surface area (Å²) in [6.07, 6.45) is 6.76. The maximum atomic E-state index is 13.4. The highest BCUT2D eigenvalue weighted by Gasteiger charge is 2.41. The van der Waals surface area contributed by atoms with Crippen LogP contribution >= 0.6 is 0 Å². The number of carbonyl (C=O) groups excluding carboxylic acids is 3. The number of amides is 2. The van der Waals surface area contributed by atoms with Gasteiger partial charge < -0.3 is 0 Å². The van der Waals surface area contributed by atoms with Crippen LogP contribution in [-0.4, -0.2) is 69.6 Å². The van der Waals surface area contributed by atoms with Crippen LogP contribution < -0.4 is 0 Å². The summed E-state index contributed by atoms with van der Waals surface area (Å²) in [7, 11) is 1.75. The van der Waals surface area contributed by atoms with E-state index >= 15 is 0 Å². The molecule has 1 N–H and O–H groups in total. The van der Waals surface area contributed by atoms with Crippen LogP contribution in [0.15, 0.2) is 18.3 Å². The number of ketones is 1. The smallest absolute Gasteiger partial charge is 0.242 e. The van der Waals surface area contributed by atoms with Crippen molar-refractivity contribution in [2.75, 3.05) is 20.1 Å². The van der Waals surface area contributed by atoms with Gasteiger partial charge in [-0.05, 0) is 30.9 Å². The standard InChI is InChI=1S/C21H29FN4O4/c1-24-9-8-19(20(28)11-18-7-6-17(22)12-23-18)26(24)21(29)16(13-25(30)14-27)10-15-4-2-3-5-15/h6-7,12,14-16,19,30H,2-5,8-11,13H2,1H3/t16-,19+/m1/s1. The Morgan fingerprint density at radius 1 is 1.33 bits per heavy atom. The highest BCUT2D eigenvalue weighted by atomic mass is 19.1. The molecule has 8 nitrogen and oxygen atoms in total. The lowest BCUT2D eigenvalue weighted by molar-refractivity contribution is -0.164. The molecule has 9 heteroatoms. The zero-order chi connectivity index (χ0) is 21.7. The molecule has 1 aromatic rings. The Bertz CT molecular complexity index is 754. The molecule has 1 saturated heterocycles. The fourth-order valence-electron chi connectivity index (χ4n) is 4.56. The summed E-state index contributed by atoms with van der Waals surface area (Å²) in [5.74, 6) is -1.09. The number of Topliss-reactive ketones (excluding diaryl/α,β-unsaturated/α-hetero) is 1. The monoisotopic (exact) mass is 420 g/mol. The molecule has 0 unspecified atom stereocenters. The molecule has 164 valence electrons. The molecule has 0 spiro atoms. The van der Waals surface area contributed by atoms with Crippen LogP contribution in [0, 0.1) is 17.7 Å². The SMILES string of the molecule is CN1CC[C@@H](C(=O)Cc2ccc(F)cn2)N1C(=O)[C@H](CC1CCCC1)CN(O)C=O. The summed E-state index contributed by atoms with van der Waals surface area (Å²) >= 11 is 0. The van der Waals surface area contributed by atoms with Crippen molar-refractivity contribution in [1.29, 1.82) is 0 Å². The minimum atomic E-state index is -0.635. The summed E-state index contributed by atoms with van der Waals surface area (Å²) < 4.78 is 13.1. The lowest BCUT2D eigenvalue weighted by Gasteiger charge is -2.33. The number of halogens is 1.